The fourth-order valence-electron chi connectivity index (χ4n) is 3.21. The van der Waals surface area contributed by atoms with E-state index in [4.69, 9.17) is 4.42 Å². The lowest BCUT2D eigenvalue weighted by atomic mass is 10.1. The summed E-state index contributed by atoms with van der Waals surface area (Å²) in [6.07, 6.45) is 3.22. The van der Waals surface area contributed by atoms with Gasteiger partial charge in [0.15, 0.2) is 5.16 Å². The van der Waals surface area contributed by atoms with Crippen molar-refractivity contribution < 1.29 is 9.21 Å². The Kier molecular flexibility index (Phi) is 6.11. The van der Waals surface area contributed by atoms with Gasteiger partial charge < -0.3 is 9.73 Å². The zero-order valence-corrected chi connectivity index (χ0v) is 18.8. The van der Waals surface area contributed by atoms with Gasteiger partial charge in [0, 0.05) is 23.2 Å². The lowest BCUT2D eigenvalue weighted by molar-refractivity contribution is -0.113. The van der Waals surface area contributed by atoms with Crippen LogP contribution in [0.5, 0.6) is 0 Å². The van der Waals surface area contributed by atoms with Crippen molar-refractivity contribution in [2.45, 2.75) is 25.5 Å². The van der Waals surface area contributed by atoms with E-state index in [1.54, 1.807) is 23.0 Å². The highest BCUT2D eigenvalue weighted by Crippen LogP contribution is 2.32. The highest BCUT2D eigenvalue weighted by atomic mass is 32.2. The third-order valence-electron chi connectivity index (χ3n) is 4.76. The van der Waals surface area contributed by atoms with E-state index in [2.05, 4.69) is 16.9 Å². The molecule has 1 N–H and O–H groups in total. The molecular formula is C23H21N3O3S2. The van der Waals surface area contributed by atoms with E-state index < -0.39 is 0 Å². The summed E-state index contributed by atoms with van der Waals surface area (Å²) >= 11 is 2.62. The van der Waals surface area contributed by atoms with Crippen LogP contribution in [0, 0.1) is 13.8 Å². The number of amides is 1. The second-order valence-corrected chi connectivity index (χ2v) is 8.86. The monoisotopic (exact) mass is 451 g/mol. The molecular weight excluding hydrogens is 430 g/mol. The maximum Gasteiger partial charge on any atom is 0.263 e. The summed E-state index contributed by atoms with van der Waals surface area (Å²) in [7, 11) is 0. The highest BCUT2D eigenvalue weighted by molar-refractivity contribution is 7.99. The van der Waals surface area contributed by atoms with Crippen molar-refractivity contribution in [1.82, 2.24) is 9.55 Å². The average Bonchev–Trinajstić information content (AvgIpc) is 3.41. The maximum atomic E-state index is 13.3. The standard InChI is InChI=1S/C23H21N3O3S2/c1-4-9-26-22(28)20-16(18-6-5-10-29-18)12-30-21(20)25-23(26)31-13-19(27)24-17-11-14(2)7-8-15(17)3/h4-8,10-12H,1,9,13H2,2-3H3,(H,24,27). The molecule has 158 valence electrons. The van der Waals surface area contributed by atoms with E-state index in [0.29, 0.717) is 27.7 Å². The molecule has 1 amide bonds. The van der Waals surface area contributed by atoms with Crippen LogP contribution < -0.4 is 10.9 Å². The Hall–Kier alpha value is -3.10. The fourth-order valence-corrected chi connectivity index (χ4v) is 4.98. The number of benzene rings is 1. The van der Waals surface area contributed by atoms with Crippen molar-refractivity contribution in [2.75, 3.05) is 11.1 Å². The van der Waals surface area contributed by atoms with E-state index >= 15 is 0 Å². The zero-order chi connectivity index (χ0) is 22.0. The number of furan rings is 1. The van der Waals surface area contributed by atoms with Gasteiger partial charge in [-0.05, 0) is 43.2 Å². The number of nitrogens with zero attached hydrogens (tertiary/aromatic N) is 2. The first-order chi connectivity index (χ1) is 15.0. The third-order valence-corrected chi connectivity index (χ3v) is 6.61. The number of hydrogen-bond donors (Lipinski definition) is 1. The van der Waals surface area contributed by atoms with E-state index in [-0.39, 0.29) is 17.2 Å². The number of aryl methyl sites for hydroxylation is 2. The largest absolute Gasteiger partial charge is 0.464 e. The number of fused-ring (bicyclic) bond motifs is 1. The van der Waals surface area contributed by atoms with E-state index in [0.717, 1.165) is 22.4 Å². The number of carbonyl (C=O) groups is 1. The van der Waals surface area contributed by atoms with Gasteiger partial charge in [-0.1, -0.05) is 30.0 Å². The molecule has 0 spiro atoms. The van der Waals surface area contributed by atoms with E-state index in [1.165, 1.54) is 23.1 Å². The Morgan fingerprint density at radius 1 is 1.35 bits per heavy atom. The van der Waals surface area contributed by atoms with Crippen LogP contribution in [-0.4, -0.2) is 21.2 Å². The van der Waals surface area contributed by atoms with Crippen molar-refractivity contribution in [1.29, 1.82) is 0 Å². The molecule has 0 unspecified atom stereocenters. The van der Waals surface area contributed by atoms with Crippen molar-refractivity contribution in [3.05, 3.63) is 76.1 Å². The molecule has 8 heteroatoms. The molecule has 31 heavy (non-hydrogen) atoms. The average molecular weight is 452 g/mol. The lowest BCUT2D eigenvalue weighted by Crippen LogP contribution is -2.23. The molecule has 0 aliphatic carbocycles. The van der Waals surface area contributed by atoms with Gasteiger partial charge in [-0.2, -0.15) is 0 Å². The summed E-state index contributed by atoms with van der Waals surface area (Å²) in [5.74, 6) is 0.614. The van der Waals surface area contributed by atoms with Gasteiger partial charge in [0.2, 0.25) is 5.91 Å². The second-order valence-electron chi connectivity index (χ2n) is 7.06. The summed E-state index contributed by atoms with van der Waals surface area (Å²) in [4.78, 5) is 31.1. The van der Waals surface area contributed by atoms with E-state index in [9.17, 15) is 9.59 Å². The van der Waals surface area contributed by atoms with Gasteiger partial charge in [-0.25, -0.2) is 4.98 Å². The molecule has 4 rings (SSSR count). The number of thiophene rings is 1. The first-order valence-electron chi connectivity index (χ1n) is 9.64. The normalized spacial score (nSPS) is 11.0. The summed E-state index contributed by atoms with van der Waals surface area (Å²) < 4.78 is 7.02. The number of anilines is 1. The van der Waals surface area contributed by atoms with Gasteiger partial charge in [-0.3, -0.25) is 14.2 Å². The van der Waals surface area contributed by atoms with Crippen molar-refractivity contribution in [3.8, 4) is 11.3 Å². The molecule has 3 aromatic heterocycles. The number of allylic oxidation sites excluding steroid dienone is 1. The number of thioether (sulfide) groups is 1. The number of rotatable bonds is 7. The van der Waals surface area contributed by atoms with Crippen LogP contribution in [0.15, 0.2) is 69.0 Å². The van der Waals surface area contributed by atoms with Gasteiger partial charge in [0.25, 0.3) is 5.56 Å². The van der Waals surface area contributed by atoms with Crippen LogP contribution in [0.25, 0.3) is 21.5 Å². The molecule has 0 bridgehead atoms. The van der Waals surface area contributed by atoms with Crippen LogP contribution in [0.4, 0.5) is 5.69 Å². The van der Waals surface area contributed by atoms with E-state index in [1.807, 2.05) is 43.5 Å². The van der Waals surface area contributed by atoms with Crippen molar-refractivity contribution in [2.24, 2.45) is 0 Å². The minimum Gasteiger partial charge on any atom is -0.464 e. The van der Waals surface area contributed by atoms with Crippen LogP contribution in [0.1, 0.15) is 11.1 Å². The number of carbonyl (C=O) groups excluding carboxylic acids is 1. The zero-order valence-electron chi connectivity index (χ0n) is 17.2. The molecule has 0 saturated heterocycles. The Bertz CT molecular complexity index is 1320. The number of hydrogen-bond acceptors (Lipinski definition) is 6. The first kappa shape index (κ1) is 21.1. The van der Waals surface area contributed by atoms with Gasteiger partial charge >= 0.3 is 0 Å². The third kappa shape index (κ3) is 4.35. The predicted octanol–water partition coefficient (Wildman–Crippen LogP) is 5.25. The Morgan fingerprint density at radius 3 is 2.94 bits per heavy atom. The second kappa shape index (κ2) is 8.95. The summed E-state index contributed by atoms with van der Waals surface area (Å²) in [5, 5.41) is 5.82. The molecule has 4 aromatic rings. The summed E-state index contributed by atoms with van der Waals surface area (Å²) in [6.45, 7) is 7.99. The molecule has 0 aliphatic rings. The highest BCUT2D eigenvalue weighted by Gasteiger charge is 2.19. The Morgan fingerprint density at radius 2 is 2.19 bits per heavy atom. The van der Waals surface area contributed by atoms with Crippen LogP contribution >= 0.6 is 23.1 Å². The fraction of sp³-hybridized carbons (Fsp3) is 0.174. The minimum absolute atomic E-state index is 0.138. The molecule has 0 saturated carbocycles. The molecule has 0 fully saturated rings. The van der Waals surface area contributed by atoms with Crippen LogP contribution in [0.3, 0.4) is 0 Å². The molecule has 6 nitrogen and oxygen atoms in total. The Balaban J connectivity index is 1.62. The SMILES string of the molecule is C=CCn1c(SCC(=O)Nc2cc(C)ccc2C)nc2scc(-c3ccco3)c2c1=O. The summed E-state index contributed by atoms with van der Waals surface area (Å²) in [5.41, 5.74) is 3.42. The topological polar surface area (TPSA) is 77.1 Å². The smallest absolute Gasteiger partial charge is 0.263 e. The maximum absolute atomic E-state index is 13.3. The molecule has 1 aromatic carbocycles. The molecule has 0 radical (unpaired) electrons. The quantitative estimate of drug-likeness (QED) is 0.236. The Labute approximate surface area is 187 Å². The number of nitrogens with one attached hydrogen (secondary N) is 1. The number of aromatic nitrogens is 2. The van der Waals surface area contributed by atoms with Gasteiger partial charge in [-0.15, -0.1) is 17.9 Å². The van der Waals surface area contributed by atoms with Crippen molar-refractivity contribution >= 4 is 44.9 Å². The summed E-state index contributed by atoms with van der Waals surface area (Å²) in [6, 6.07) is 9.53. The predicted molar refractivity (Wildman–Crippen MR) is 127 cm³/mol. The minimum atomic E-state index is -0.171. The molecule has 0 aliphatic heterocycles. The lowest BCUT2D eigenvalue weighted by Gasteiger charge is -2.12. The first-order valence-corrected chi connectivity index (χ1v) is 11.5. The molecule has 3 heterocycles. The van der Waals surface area contributed by atoms with Crippen LogP contribution in [0.2, 0.25) is 0 Å². The van der Waals surface area contributed by atoms with Gasteiger partial charge in [0.05, 0.1) is 17.4 Å². The van der Waals surface area contributed by atoms with Crippen molar-refractivity contribution in [3.63, 3.8) is 0 Å². The molecule has 0 atom stereocenters. The van der Waals surface area contributed by atoms with Gasteiger partial charge in [0.1, 0.15) is 10.6 Å². The van der Waals surface area contributed by atoms with Crippen LogP contribution in [-0.2, 0) is 11.3 Å².